The number of terminal acetylenes is 2. The molecule has 1 radical (unpaired) electrons. The molecule has 0 atom stereocenters. The predicted molar refractivity (Wildman–Crippen MR) is 26.6 cm³/mol. The van der Waals surface area contributed by atoms with Crippen molar-refractivity contribution in [2.24, 2.45) is 0 Å². The maximum atomic E-state index is 4.84. The van der Waals surface area contributed by atoms with E-state index in [-0.39, 0.29) is 0 Å². The Morgan fingerprint density at radius 2 is 2.17 bits per heavy atom. The highest BCUT2D eigenvalue weighted by Gasteiger charge is 1.67. The van der Waals surface area contributed by atoms with Gasteiger partial charge in [-0.1, -0.05) is 0 Å². The van der Waals surface area contributed by atoms with Crippen LogP contribution in [0.4, 0.5) is 0 Å². The van der Waals surface area contributed by atoms with E-state index in [4.69, 9.17) is 12.8 Å². The second-order valence-electron chi connectivity index (χ2n) is 0.779. The Balaban J connectivity index is 2.78. The topological polar surface area (TPSA) is 0 Å². The van der Waals surface area contributed by atoms with Crippen molar-refractivity contribution in [1.29, 1.82) is 0 Å². The van der Waals surface area contributed by atoms with Crippen LogP contribution in [0, 0.1) is 31.1 Å². The molecule has 0 aliphatic carbocycles. The molecular weight excluding hydrogens is 72.1 g/mol. The van der Waals surface area contributed by atoms with Gasteiger partial charge in [-0.05, 0) is 0 Å². The molecule has 0 spiro atoms. The molecule has 0 aliphatic heterocycles. The van der Waals surface area contributed by atoms with E-state index < -0.39 is 0 Å². The van der Waals surface area contributed by atoms with Crippen LogP contribution in [0.25, 0.3) is 0 Å². The molecule has 0 rings (SSSR count). The largest absolute Gasteiger partial charge is 0.120 e. The van der Waals surface area contributed by atoms with E-state index in [1.807, 2.05) is 0 Å². The predicted octanol–water partition coefficient (Wildman–Crippen LogP) is 0.847. The highest BCUT2D eigenvalue weighted by Crippen LogP contribution is 1.76. The van der Waals surface area contributed by atoms with E-state index in [0.29, 0.717) is 6.42 Å². The lowest BCUT2D eigenvalue weighted by molar-refractivity contribution is 1.39. The molecule has 0 saturated carbocycles. The van der Waals surface area contributed by atoms with Crippen molar-refractivity contribution < 1.29 is 0 Å². The average molecular weight is 77.1 g/mol. The molecule has 0 nitrogen and oxygen atoms in total. The van der Waals surface area contributed by atoms with E-state index in [1.54, 1.807) is 6.42 Å². The number of unbranched alkanes of at least 4 members (excludes halogenated alkanes) is 1. The summed E-state index contributed by atoms with van der Waals surface area (Å²) in [6, 6.07) is 0. The molecule has 29 valence electrons. The minimum absolute atomic E-state index is 0.580. The zero-order valence-electron chi connectivity index (χ0n) is 3.44. The summed E-state index contributed by atoms with van der Waals surface area (Å²) in [6.45, 7) is 0. The van der Waals surface area contributed by atoms with Gasteiger partial charge in [0.25, 0.3) is 0 Å². The third-order valence-corrected chi connectivity index (χ3v) is 0.338. The van der Waals surface area contributed by atoms with Gasteiger partial charge in [0.05, 0.1) is 0 Å². The Labute approximate surface area is 38.6 Å². The van der Waals surface area contributed by atoms with Crippen molar-refractivity contribution in [2.75, 3.05) is 0 Å². The quantitative estimate of drug-likeness (QED) is 0.321. The second-order valence-corrected chi connectivity index (χ2v) is 0.779. The molecule has 0 heteroatoms. The maximum Gasteiger partial charge on any atom is 0.0456 e. The van der Waals surface area contributed by atoms with Gasteiger partial charge in [-0.25, -0.2) is 0 Å². The summed E-state index contributed by atoms with van der Waals surface area (Å²) in [5.41, 5.74) is 0. The van der Waals surface area contributed by atoms with Crippen LogP contribution in [-0.2, 0) is 0 Å². The van der Waals surface area contributed by atoms with Gasteiger partial charge in [0.2, 0.25) is 0 Å². The Morgan fingerprint density at radius 3 is 2.33 bits per heavy atom. The fourth-order valence-corrected chi connectivity index (χ4v) is 0.118. The van der Waals surface area contributed by atoms with Crippen molar-refractivity contribution in [2.45, 2.75) is 6.42 Å². The fraction of sp³-hybridized carbons (Fsp3) is 0.167. The molecular formula is C6H5. The van der Waals surface area contributed by atoms with Crippen LogP contribution in [-0.4, -0.2) is 0 Å². The van der Waals surface area contributed by atoms with Crippen LogP contribution in [0.2, 0.25) is 0 Å². The first kappa shape index (κ1) is 5.12. The van der Waals surface area contributed by atoms with Crippen LogP contribution >= 0.6 is 0 Å². The molecule has 0 aromatic heterocycles. The Hall–Kier alpha value is -0.880. The summed E-state index contributed by atoms with van der Waals surface area (Å²) in [5, 5.41) is 0. The molecule has 0 fully saturated rings. The zero-order chi connectivity index (χ0) is 4.83. The number of hydrogen-bond donors (Lipinski definition) is 0. The fourth-order valence-electron chi connectivity index (χ4n) is 0.118. The van der Waals surface area contributed by atoms with E-state index in [9.17, 15) is 0 Å². The SMILES string of the molecule is C#C[CH]CC#C. The average Bonchev–Trinajstić information content (AvgIpc) is 1.61. The summed E-state index contributed by atoms with van der Waals surface area (Å²) < 4.78 is 0. The minimum atomic E-state index is 0.580. The first-order valence-corrected chi connectivity index (χ1v) is 1.63. The van der Waals surface area contributed by atoms with Crippen molar-refractivity contribution in [3.8, 4) is 24.7 Å². The Morgan fingerprint density at radius 1 is 1.50 bits per heavy atom. The Kier molecular flexibility index (Phi) is 3.52. The third-order valence-electron chi connectivity index (χ3n) is 0.338. The van der Waals surface area contributed by atoms with Gasteiger partial charge < -0.3 is 0 Å². The van der Waals surface area contributed by atoms with E-state index >= 15 is 0 Å². The van der Waals surface area contributed by atoms with Gasteiger partial charge >= 0.3 is 0 Å². The van der Waals surface area contributed by atoms with E-state index in [2.05, 4.69) is 11.8 Å². The summed E-state index contributed by atoms with van der Waals surface area (Å²) in [6.07, 6.45) is 11.8. The van der Waals surface area contributed by atoms with Gasteiger partial charge in [-0.2, -0.15) is 0 Å². The minimum Gasteiger partial charge on any atom is -0.120 e. The molecule has 0 aliphatic rings. The van der Waals surface area contributed by atoms with Crippen LogP contribution in [0.15, 0.2) is 0 Å². The molecule has 0 aromatic rings. The van der Waals surface area contributed by atoms with E-state index in [1.165, 1.54) is 0 Å². The standard InChI is InChI=1S/C6H5/c1-3-5-6-4-2/h1-2,5H,6H2. The lowest BCUT2D eigenvalue weighted by Gasteiger charge is -1.69. The van der Waals surface area contributed by atoms with Gasteiger partial charge in [-0.15, -0.1) is 24.7 Å². The first-order valence-electron chi connectivity index (χ1n) is 1.63. The lowest BCUT2D eigenvalue weighted by Crippen LogP contribution is -1.60. The van der Waals surface area contributed by atoms with Crippen LogP contribution < -0.4 is 0 Å². The van der Waals surface area contributed by atoms with Crippen LogP contribution in [0.3, 0.4) is 0 Å². The molecule has 0 N–H and O–H groups in total. The molecule has 0 bridgehead atoms. The number of hydrogen-bond acceptors (Lipinski definition) is 0. The van der Waals surface area contributed by atoms with E-state index in [0.717, 1.165) is 0 Å². The normalized spacial score (nSPS) is 5.67. The second kappa shape index (κ2) is 4.12. The van der Waals surface area contributed by atoms with Crippen LogP contribution in [0.1, 0.15) is 6.42 Å². The van der Waals surface area contributed by atoms with Crippen LogP contribution in [0.5, 0.6) is 0 Å². The molecule has 6 heavy (non-hydrogen) atoms. The molecule has 0 unspecified atom stereocenters. The summed E-state index contributed by atoms with van der Waals surface area (Å²) in [7, 11) is 0. The van der Waals surface area contributed by atoms with Crippen molar-refractivity contribution in [3.05, 3.63) is 6.42 Å². The van der Waals surface area contributed by atoms with Crippen molar-refractivity contribution >= 4 is 0 Å². The zero-order valence-corrected chi connectivity index (χ0v) is 3.44. The Bertz CT molecular complexity index is 73.6. The van der Waals surface area contributed by atoms with Gasteiger partial charge in [0, 0.05) is 12.8 Å². The maximum absolute atomic E-state index is 4.84. The third kappa shape index (κ3) is 3.12. The highest BCUT2D eigenvalue weighted by molar-refractivity contribution is 5.06. The smallest absolute Gasteiger partial charge is 0.0456 e. The molecule has 0 aromatic carbocycles. The highest BCUT2D eigenvalue weighted by atomic mass is 13.7. The van der Waals surface area contributed by atoms with Gasteiger partial charge in [0.15, 0.2) is 0 Å². The van der Waals surface area contributed by atoms with Gasteiger partial charge in [0.1, 0.15) is 0 Å². The monoisotopic (exact) mass is 77.0 g/mol. The molecule has 0 saturated heterocycles. The summed E-state index contributed by atoms with van der Waals surface area (Å²) >= 11 is 0. The summed E-state index contributed by atoms with van der Waals surface area (Å²) in [5.74, 6) is 4.67. The number of rotatable bonds is 1. The molecule has 0 amide bonds. The molecule has 0 heterocycles. The van der Waals surface area contributed by atoms with Crippen molar-refractivity contribution in [3.63, 3.8) is 0 Å². The lowest BCUT2D eigenvalue weighted by atomic mass is 10.3. The summed E-state index contributed by atoms with van der Waals surface area (Å²) in [4.78, 5) is 0. The first-order chi connectivity index (χ1) is 2.91. The van der Waals surface area contributed by atoms with Crippen molar-refractivity contribution in [1.82, 2.24) is 0 Å². The van der Waals surface area contributed by atoms with Gasteiger partial charge in [-0.3, -0.25) is 0 Å².